The molecule has 0 N–H and O–H groups in total. The van der Waals surface area contributed by atoms with Gasteiger partial charge in [0.05, 0.1) is 0 Å². The van der Waals surface area contributed by atoms with Crippen LogP contribution in [-0.2, 0) is 0 Å². The summed E-state index contributed by atoms with van der Waals surface area (Å²) in [5, 5.41) is 0. The van der Waals surface area contributed by atoms with Crippen LogP contribution in [0.2, 0.25) is 0 Å². The lowest BCUT2D eigenvalue weighted by molar-refractivity contribution is 0.0382. The minimum absolute atomic E-state index is 0.799. The monoisotopic (exact) mass is 153 g/mol. The highest BCUT2D eigenvalue weighted by molar-refractivity contribution is 4.96. The Morgan fingerprint density at radius 3 is 2.18 bits per heavy atom. The second kappa shape index (κ2) is 2.76. The van der Waals surface area contributed by atoms with Gasteiger partial charge in [-0.2, -0.15) is 0 Å². The van der Waals surface area contributed by atoms with Crippen molar-refractivity contribution in [2.75, 3.05) is 27.2 Å². The molecule has 2 nitrogen and oxygen atoms in total. The lowest BCUT2D eigenvalue weighted by Gasteiger charge is -2.47. The van der Waals surface area contributed by atoms with Gasteiger partial charge < -0.3 is 4.90 Å². The number of fused-ring (bicyclic) bond motifs is 2. The Morgan fingerprint density at radius 1 is 1.09 bits per heavy atom. The van der Waals surface area contributed by atoms with E-state index in [1.807, 2.05) is 0 Å². The van der Waals surface area contributed by atoms with E-state index in [0.717, 1.165) is 12.1 Å². The van der Waals surface area contributed by atoms with Crippen molar-refractivity contribution >= 4 is 0 Å². The van der Waals surface area contributed by atoms with Gasteiger partial charge in [0, 0.05) is 25.2 Å². The van der Waals surface area contributed by atoms with Gasteiger partial charge in [0.25, 0.3) is 0 Å². The molecule has 2 aliphatic heterocycles. The van der Waals surface area contributed by atoms with Crippen LogP contribution < -0.4 is 0 Å². The maximum absolute atomic E-state index is 2.56. The summed E-state index contributed by atoms with van der Waals surface area (Å²) in [6.07, 6.45) is 5.04. The lowest BCUT2D eigenvalue weighted by atomic mass is 9.92. The third-order valence-corrected chi connectivity index (χ3v) is 3.07. The summed E-state index contributed by atoms with van der Waals surface area (Å²) in [5.74, 6) is 0. The summed E-state index contributed by atoms with van der Waals surface area (Å²) in [6, 6.07) is 1.60. The fraction of sp³-hybridized carbons (Fsp3) is 0.889. The predicted molar refractivity (Wildman–Crippen MR) is 46.4 cm³/mol. The first kappa shape index (κ1) is 7.56. The van der Waals surface area contributed by atoms with Crippen molar-refractivity contribution in [1.29, 1.82) is 0 Å². The Morgan fingerprint density at radius 2 is 1.64 bits per heavy atom. The summed E-state index contributed by atoms with van der Waals surface area (Å²) in [7, 11) is 4.51. The Labute approximate surface area is 69.2 Å². The van der Waals surface area contributed by atoms with E-state index in [1.54, 1.807) is 0 Å². The highest BCUT2D eigenvalue weighted by Gasteiger charge is 2.33. The number of piperazine rings is 1. The molecule has 2 bridgehead atoms. The number of hydrogen-bond acceptors (Lipinski definition) is 2. The molecular formula is C9H17N2. The molecule has 63 valence electrons. The average molecular weight is 153 g/mol. The van der Waals surface area contributed by atoms with Crippen LogP contribution in [0, 0.1) is 6.42 Å². The Bertz CT molecular complexity index is 132. The van der Waals surface area contributed by atoms with E-state index in [9.17, 15) is 0 Å². The standard InChI is InChI=1S/C9H17N2/c1-10-6-8-4-3-5-9(7-10)11(8)2/h3,8-9H,4-7H2,1-2H3. The third kappa shape index (κ3) is 1.30. The highest BCUT2D eigenvalue weighted by atomic mass is 15.3. The molecular weight excluding hydrogens is 136 g/mol. The number of likely N-dealkylation sites (tertiary alicyclic amines) is 1. The molecule has 2 rings (SSSR count). The molecule has 0 spiro atoms. The van der Waals surface area contributed by atoms with E-state index < -0.39 is 0 Å². The van der Waals surface area contributed by atoms with Crippen LogP contribution in [0.3, 0.4) is 0 Å². The van der Waals surface area contributed by atoms with E-state index in [0.29, 0.717) is 0 Å². The summed E-state index contributed by atoms with van der Waals surface area (Å²) in [6.45, 7) is 2.51. The number of likely N-dealkylation sites (N-methyl/N-ethyl adjacent to an activating group) is 2. The van der Waals surface area contributed by atoms with E-state index in [-0.39, 0.29) is 0 Å². The molecule has 2 atom stereocenters. The summed E-state index contributed by atoms with van der Waals surface area (Å²) in [4.78, 5) is 5.02. The highest BCUT2D eigenvalue weighted by Crippen LogP contribution is 2.25. The number of rotatable bonds is 0. The zero-order valence-corrected chi connectivity index (χ0v) is 7.45. The fourth-order valence-corrected chi connectivity index (χ4v) is 2.31. The minimum Gasteiger partial charge on any atom is -0.303 e. The van der Waals surface area contributed by atoms with Gasteiger partial charge in [-0.1, -0.05) is 0 Å². The molecule has 2 unspecified atom stereocenters. The SMILES string of the molecule is CN1CC2C[CH]CC(C1)N2C. The van der Waals surface area contributed by atoms with Crippen molar-refractivity contribution in [3.8, 4) is 0 Å². The maximum atomic E-state index is 2.56. The molecule has 2 heteroatoms. The molecule has 11 heavy (non-hydrogen) atoms. The smallest absolute Gasteiger partial charge is 0.0226 e. The van der Waals surface area contributed by atoms with Crippen LogP contribution in [0.15, 0.2) is 0 Å². The first-order valence-electron chi connectivity index (χ1n) is 4.49. The maximum Gasteiger partial charge on any atom is 0.0226 e. The predicted octanol–water partition coefficient (Wildman–Crippen LogP) is 0.599. The van der Waals surface area contributed by atoms with Crippen molar-refractivity contribution in [3.63, 3.8) is 0 Å². The lowest BCUT2D eigenvalue weighted by Crippen LogP contribution is -2.58. The Hall–Kier alpha value is -0.0800. The van der Waals surface area contributed by atoms with Crippen molar-refractivity contribution in [1.82, 2.24) is 9.80 Å². The molecule has 0 aromatic carbocycles. The van der Waals surface area contributed by atoms with Crippen molar-refractivity contribution in [2.24, 2.45) is 0 Å². The number of piperidine rings is 1. The first-order valence-corrected chi connectivity index (χ1v) is 4.49. The van der Waals surface area contributed by atoms with E-state index >= 15 is 0 Å². The topological polar surface area (TPSA) is 6.48 Å². The molecule has 0 aromatic heterocycles. The molecule has 0 amide bonds. The quantitative estimate of drug-likeness (QED) is 0.503. The Balaban J connectivity index is 2.07. The van der Waals surface area contributed by atoms with Gasteiger partial charge in [0.2, 0.25) is 0 Å². The van der Waals surface area contributed by atoms with Crippen molar-refractivity contribution in [2.45, 2.75) is 24.9 Å². The molecule has 2 fully saturated rings. The summed E-state index contributed by atoms with van der Waals surface area (Å²) < 4.78 is 0. The van der Waals surface area contributed by atoms with Crippen LogP contribution in [-0.4, -0.2) is 49.1 Å². The summed E-state index contributed by atoms with van der Waals surface area (Å²) >= 11 is 0. The molecule has 0 aromatic rings. The summed E-state index contributed by atoms with van der Waals surface area (Å²) in [5.41, 5.74) is 0. The van der Waals surface area contributed by atoms with Crippen molar-refractivity contribution < 1.29 is 0 Å². The van der Waals surface area contributed by atoms with Gasteiger partial charge in [-0.25, -0.2) is 0 Å². The fourth-order valence-electron chi connectivity index (χ4n) is 2.31. The molecule has 1 radical (unpaired) electrons. The molecule has 0 saturated carbocycles. The van der Waals surface area contributed by atoms with Crippen LogP contribution in [0.1, 0.15) is 12.8 Å². The normalized spacial score (nSPS) is 40.9. The van der Waals surface area contributed by atoms with Gasteiger partial charge in [0.1, 0.15) is 0 Å². The second-order valence-electron chi connectivity index (χ2n) is 3.95. The van der Waals surface area contributed by atoms with Gasteiger partial charge in [0.15, 0.2) is 0 Å². The van der Waals surface area contributed by atoms with E-state index in [4.69, 9.17) is 0 Å². The van der Waals surface area contributed by atoms with E-state index in [2.05, 4.69) is 30.3 Å². The number of hydrogen-bond donors (Lipinski definition) is 0. The van der Waals surface area contributed by atoms with Crippen LogP contribution in [0.25, 0.3) is 0 Å². The van der Waals surface area contributed by atoms with Gasteiger partial charge in [-0.3, -0.25) is 4.90 Å². The zero-order chi connectivity index (χ0) is 7.84. The minimum atomic E-state index is 0.799. The molecule has 2 aliphatic rings. The van der Waals surface area contributed by atoms with Crippen molar-refractivity contribution in [3.05, 3.63) is 6.42 Å². The second-order valence-corrected chi connectivity index (χ2v) is 3.95. The largest absolute Gasteiger partial charge is 0.303 e. The van der Waals surface area contributed by atoms with Gasteiger partial charge in [-0.05, 0) is 33.4 Å². The zero-order valence-electron chi connectivity index (χ0n) is 7.45. The van der Waals surface area contributed by atoms with Crippen LogP contribution >= 0.6 is 0 Å². The Kier molecular flexibility index (Phi) is 1.90. The van der Waals surface area contributed by atoms with Crippen LogP contribution in [0.4, 0.5) is 0 Å². The first-order chi connectivity index (χ1) is 5.27. The number of nitrogens with zero attached hydrogens (tertiary/aromatic N) is 2. The average Bonchev–Trinajstić information content (AvgIpc) is 1.92. The van der Waals surface area contributed by atoms with Crippen LogP contribution in [0.5, 0.6) is 0 Å². The van der Waals surface area contributed by atoms with Gasteiger partial charge in [-0.15, -0.1) is 0 Å². The third-order valence-electron chi connectivity index (χ3n) is 3.07. The molecule has 2 saturated heterocycles. The van der Waals surface area contributed by atoms with Gasteiger partial charge >= 0.3 is 0 Å². The molecule has 0 aliphatic carbocycles. The van der Waals surface area contributed by atoms with E-state index in [1.165, 1.54) is 25.9 Å². The molecule has 2 heterocycles.